The van der Waals surface area contributed by atoms with Crippen molar-refractivity contribution in [1.29, 1.82) is 0 Å². The van der Waals surface area contributed by atoms with Crippen LogP contribution in [0.3, 0.4) is 0 Å². The van der Waals surface area contributed by atoms with Crippen molar-refractivity contribution in [2.24, 2.45) is 0 Å². The molecule has 106 valence electrons. The van der Waals surface area contributed by atoms with E-state index in [0.717, 1.165) is 16.1 Å². The van der Waals surface area contributed by atoms with E-state index in [4.69, 9.17) is 11.6 Å². The quantitative estimate of drug-likeness (QED) is 0.863. The third-order valence-electron chi connectivity index (χ3n) is 2.61. The summed E-state index contributed by atoms with van der Waals surface area (Å²) in [6.45, 7) is 1.77. The van der Waals surface area contributed by atoms with Gasteiger partial charge in [-0.1, -0.05) is 27.5 Å². The molecular formula is C13H10BrClFNO2S. The highest BCUT2D eigenvalue weighted by Gasteiger charge is 2.17. The molecule has 20 heavy (non-hydrogen) atoms. The topological polar surface area (TPSA) is 46.2 Å². The zero-order chi connectivity index (χ0) is 14.9. The van der Waals surface area contributed by atoms with Crippen LogP contribution in [0.1, 0.15) is 5.56 Å². The maximum Gasteiger partial charge on any atom is 0.261 e. The van der Waals surface area contributed by atoms with Crippen molar-refractivity contribution >= 4 is 43.2 Å². The summed E-state index contributed by atoms with van der Waals surface area (Å²) in [4.78, 5) is 0.0533. The fourth-order valence-electron chi connectivity index (χ4n) is 1.56. The summed E-state index contributed by atoms with van der Waals surface area (Å²) in [5.74, 6) is -0.688. The second-order valence-corrected chi connectivity index (χ2v) is 7.11. The lowest BCUT2D eigenvalue weighted by Gasteiger charge is -2.10. The number of anilines is 1. The normalized spacial score (nSPS) is 11.4. The van der Waals surface area contributed by atoms with Crippen LogP contribution >= 0.6 is 27.5 Å². The molecule has 0 spiro atoms. The minimum Gasteiger partial charge on any atom is -0.277 e. The lowest BCUT2D eigenvalue weighted by atomic mass is 10.2. The number of benzene rings is 2. The maximum atomic E-state index is 13.6. The molecular weight excluding hydrogens is 369 g/mol. The smallest absolute Gasteiger partial charge is 0.261 e. The first-order valence-electron chi connectivity index (χ1n) is 5.53. The van der Waals surface area contributed by atoms with Crippen LogP contribution in [-0.4, -0.2) is 8.42 Å². The molecule has 0 aliphatic heterocycles. The molecule has 3 nitrogen and oxygen atoms in total. The minimum absolute atomic E-state index is 0.0533. The third-order valence-corrected chi connectivity index (χ3v) is 5.10. The van der Waals surface area contributed by atoms with Crippen molar-refractivity contribution < 1.29 is 12.8 Å². The van der Waals surface area contributed by atoms with Gasteiger partial charge in [-0.2, -0.15) is 0 Å². The van der Waals surface area contributed by atoms with E-state index in [1.807, 2.05) is 0 Å². The van der Waals surface area contributed by atoms with Crippen molar-refractivity contribution in [1.82, 2.24) is 0 Å². The fourth-order valence-corrected chi connectivity index (χ4v) is 3.13. The highest BCUT2D eigenvalue weighted by Crippen LogP contribution is 2.25. The fraction of sp³-hybridized carbons (Fsp3) is 0.0769. The highest BCUT2D eigenvalue weighted by atomic mass is 79.9. The van der Waals surface area contributed by atoms with Gasteiger partial charge in [0.1, 0.15) is 5.82 Å². The van der Waals surface area contributed by atoms with E-state index in [9.17, 15) is 12.8 Å². The molecule has 0 aromatic heterocycles. The molecule has 0 unspecified atom stereocenters. The van der Waals surface area contributed by atoms with Gasteiger partial charge in [0.05, 0.1) is 10.6 Å². The van der Waals surface area contributed by atoms with Gasteiger partial charge >= 0.3 is 0 Å². The first-order chi connectivity index (χ1) is 9.29. The summed E-state index contributed by atoms with van der Waals surface area (Å²) in [5.41, 5.74) is 0.581. The van der Waals surface area contributed by atoms with Gasteiger partial charge in [-0.15, -0.1) is 0 Å². The van der Waals surface area contributed by atoms with Crippen LogP contribution in [0.25, 0.3) is 0 Å². The monoisotopic (exact) mass is 377 g/mol. The number of sulfonamides is 1. The summed E-state index contributed by atoms with van der Waals surface area (Å²) >= 11 is 9.02. The van der Waals surface area contributed by atoms with Gasteiger partial charge in [-0.3, -0.25) is 4.72 Å². The average molecular weight is 379 g/mol. The second kappa shape index (κ2) is 5.71. The van der Waals surface area contributed by atoms with Crippen molar-refractivity contribution in [3.8, 4) is 0 Å². The number of aryl methyl sites for hydroxylation is 1. The van der Waals surface area contributed by atoms with Gasteiger partial charge < -0.3 is 0 Å². The van der Waals surface area contributed by atoms with Crippen LogP contribution in [0.4, 0.5) is 10.1 Å². The van der Waals surface area contributed by atoms with E-state index in [0.29, 0.717) is 0 Å². The predicted octanol–water partition coefficient (Wildman–Crippen LogP) is 4.35. The lowest BCUT2D eigenvalue weighted by molar-refractivity contribution is 0.598. The number of hydrogen-bond acceptors (Lipinski definition) is 2. The van der Waals surface area contributed by atoms with E-state index < -0.39 is 15.8 Å². The molecule has 0 heterocycles. The van der Waals surface area contributed by atoms with Crippen molar-refractivity contribution in [2.75, 3.05) is 4.72 Å². The molecule has 0 saturated carbocycles. The molecule has 2 rings (SSSR count). The Hall–Kier alpha value is -1.11. The molecule has 1 N–H and O–H groups in total. The van der Waals surface area contributed by atoms with Gasteiger partial charge in [0.2, 0.25) is 0 Å². The van der Waals surface area contributed by atoms with E-state index in [1.54, 1.807) is 13.0 Å². The number of halogens is 3. The summed E-state index contributed by atoms with van der Waals surface area (Å²) in [5, 5.41) is 0.246. The Bertz CT molecular complexity index is 765. The number of hydrogen-bond donors (Lipinski definition) is 1. The molecule has 0 aliphatic rings. The Morgan fingerprint density at radius 3 is 2.55 bits per heavy atom. The van der Waals surface area contributed by atoms with Crippen molar-refractivity contribution in [3.63, 3.8) is 0 Å². The van der Waals surface area contributed by atoms with Gasteiger partial charge in [0.25, 0.3) is 10.0 Å². The molecule has 0 radical (unpaired) electrons. The molecule has 0 aliphatic carbocycles. The van der Waals surface area contributed by atoms with Crippen LogP contribution < -0.4 is 4.72 Å². The van der Waals surface area contributed by atoms with E-state index in [-0.39, 0.29) is 15.6 Å². The zero-order valence-corrected chi connectivity index (χ0v) is 13.5. The van der Waals surface area contributed by atoms with E-state index in [2.05, 4.69) is 20.7 Å². The summed E-state index contributed by atoms with van der Waals surface area (Å²) < 4.78 is 40.9. The zero-order valence-electron chi connectivity index (χ0n) is 10.3. The first-order valence-corrected chi connectivity index (χ1v) is 8.19. The molecule has 0 atom stereocenters. The van der Waals surface area contributed by atoms with Crippen molar-refractivity contribution in [2.45, 2.75) is 11.8 Å². The highest BCUT2D eigenvalue weighted by molar-refractivity contribution is 9.10. The maximum absolute atomic E-state index is 13.6. The Labute approximate surface area is 130 Å². The summed E-state index contributed by atoms with van der Waals surface area (Å²) in [6.07, 6.45) is 0. The van der Waals surface area contributed by atoms with Crippen LogP contribution in [0.15, 0.2) is 45.8 Å². The van der Waals surface area contributed by atoms with Crippen LogP contribution in [0.2, 0.25) is 5.02 Å². The number of rotatable bonds is 3. The summed E-state index contributed by atoms with van der Waals surface area (Å²) in [6, 6.07) is 8.22. The van der Waals surface area contributed by atoms with Crippen molar-refractivity contribution in [3.05, 3.63) is 57.3 Å². The molecule has 0 saturated heterocycles. The Kier molecular flexibility index (Phi) is 4.36. The molecule has 2 aromatic carbocycles. The SMILES string of the molecule is Cc1cc(S(=O)(=O)Nc2cc(Cl)ccc2F)ccc1Br. The molecule has 0 bridgehead atoms. The van der Waals surface area contributed by atoms with E-state index in [1.165, 1.54) is 24.3 Å². The van der Waals surface area contributed by atoms with Crippen LogP contribution in [0.5, 0.6) is 0 Å². The Morgan fingerprint density at radius 1 is 1.20 bits per heavy atom. The van der Waals surface area contributed by atoms with Crippen LogP contribution in [-0.2, 0) is 10.0 Å². The summed E-state index contributed by atoms with van der Waals surface area (Å²) in [7, 11) is -3.86. The largest absolute Gasteiger partial charge is 0.277 e. The van der Waals surface area contributed by atoms with Gasteiger partial charge in [-0.25, -0.2) is 12.8 Å². The predicted molar refractivity (Wildman–Crippen MR) is 81.1 cm³/mol. The van der Waals surface area contributed by atoms with Crippen LogP contribution in [0, 0.1) is 12.7 Å². The lowest BCUT2D eigenvalue weighted by Crippen LogP contribution is -2.14. The van der Waals surface area contributed by atoms with E-state index >= 15 is 0 Å². The molecule has 7 heteroatoms. The Balaban J connectivity index is 2.40. The second-order valence-electron chi connectivity index (χ2n) is 4.14. The minimum atomic E-state index is -3.86. The Morgan fingerprint density at radius 2 is 1.90 bits per heavy atom. The number of nitrogens with one attached hydrogen (secondary N) is 1. The molecule has 0 fully saturated rings. The van der Waals surface area contributed by atoms with Gasteiger partial charge in [0, 0.05) is 9.50 Å². The van der Waals surface area contributed by atoms with Gasteiger partial charge in [-0.05, 0) is 48.9 Å². The standard InChI is InChI=1S/C13H10BrClFNO2S/c1-8-6-10(3-4-11(8)14)20(18,19)17-13-7-9(15)2-5-12(13)16/h2-7,17H,1H3. The molecule has 0 amide bonds. The third kappa shape index (κ3) is 3.31. The molecule has 2 aromatic rings. The average Bonchev–Trinajstić information content (AvgIpc) is 2.36. The van der Waals surface area contributed by atoms with Gasteiger partial charge in [0.15, 0.2) is 0 Å². The first kappa shape index (κ1) is 15.3.